The zero-order chi connectivity index (χ0) is 20.0. The predicted molar refractivity (Wildman–Crippen MR) is 99.2 cm³/mol. The van der Waals surface area contributed by atoms with Gasteiger partial charge in [0.05, 0.1) is 11.5 Å². The van der Waals surface area contributed by atoms with Crippen LogP contribution in [0.5, 0.6) is 17.2 Å². The molecule has 0 atom stereocenters. The highest BCUT2D eigenvalue weighted by Crippen LogP contribution is 2.34. The van der Waals surface area contributed by atoms with E-state index in [9.17, 15) is 14.9 Å². The van der Waals surface area contributed by atoms with Crippen LogP contribution in [0.2, 0.25) is 0 Å². The van der Waals surface area contributed by atoms with Crippen LogP contribution < -0.4 is 15.2 Å². The van der Waals surface area contributed by atoms with E-state index in [1.165, 1.54) is 24.3 Å². The number of carbonyl (C=O) groups excluding carboxylic acids is 1. The van der Waals surface area contributed by atoms with Gasteiger partial charge < -0.3 is 19.9 Å². The molecule has 0 saturated heterocycles. The normalized spacial score (nSPS) is 10.9. The predicted octanol–water partition coefficient (Wildman–Crippen LogP) is 4.20. The summed E-state index contributed by atoms with van der Waals surface area (Å²) in [6, 6.07) is 11.1. The summed E-state index contributed by atoms with van der Waals surface area (Å²) in [5.74, 6) is 1.44. The van der Waals surface area contributed by atoms with Crippen molar-refractivity contribution in [1.29, 1.82) is 0 Å². The Morgan fingerprint density at radius 3 is 2.37 bits per heavy atom. The minimum absolute atomic E-state index is 0.0144. The molecule has 144 valence electrons. The fraction of sp³-hybridized carbons (Fsp3) is 0.316. The molecule has 0 unspecified atom stereocenters. The number of hydrogen-bond acceptors (Lipinski definition) is 6. The topological polar surface area (TPSA) is 114 Å². The summed E-state index contributed by atoms with van der Waals surface area (Å²) in [7, 11) is 0. The number of primary amides is 1. The molecule has 2 N–H and O–H groups in total. The zero-order valence-electron chi connectivity index (χ0n) is 15.4. The van der Waals surface area contributed by atoms with Crippen molar-refractivity contribution in [1.82, 2.24) is 0 Å². The van der Waals surface area contributed by atoms with Gasteiger partial charge in [-0.25, -0.2) is 4.79 Å². The summed E-state index contributed by atoms with van der Waals surface area (Å²) < 4.78 is 16.5. The van der Waals surface area contributed by atoms with Crippen LogP contribution in [0.15, 0.2) is 42.5 Å². The molecule has 0 heterocycles. The van der Waals surface area contributed by atoms with Gasteiger partial charge in [-0.1, -0.05) is 6.07 Å². The Hall–Kier alpha value is -3.29. The molecule has 0 bridgehead atoms. The third kappa shape index (κ3) is 5.88. The van der Waals surface area contributed by atoms with E-state index in [1.54, 1.807) is 26.0 Å². The van der Waals surface area contributed by atoms with E-state index >= 15 is 0 Å². The number of nitro groups is 1. The summed E-state index contributed by atoms with van der Waals surface area (Å²) in [6.45, 7) is 5.81. The number of non-ortho nitro benzene ring substituents is 1. The van der Waals surface area contributed by atoms with Crippen LogP contribution in [0.4, 0.5) is 10.5 Å². The van der Waals surface area contributed by atoms with Crippen molar-refractivity contribution in [3.8, 4) is 17.2 Å². The lowest BCUT2D eigenvalue weighted by molar-refractivity contribution is -0.384. The van der Waals surface area contributed by atoms with Gasteiger partial charge in [0.1, 0.15) is 11.4 Å². The SMILES string of the molecule is CCOc1cc(CC(C)(C)OC(N)=O)ccc1Oc1ccc([N+](=O)[O-])cc1. The number of carbonyl (C=O) groups is 1. The van der Waals surface area contributed by atoms with E-state index in [0.29, 0.717) is 30.3 Å². The molecule has 2 rings (SSSR count). The number of ether oxygens (including phenoxy) is 3. The van der Waals surface area contributed by atoms with E-state index in [1.807, 2.05) is 13.0 Å². The van der Waals surface area contributed by atoms with Crippen molar-refractivity contribution in [3.05, 3.63) is 58.1 Å². The van der Waals surface area contributed by atoms with Crippen LogP contribution in [-0.2, 0) is 11.2 Å². The lowest BCUT2D eigenvalue weighted by Crippen LogP contribution is -2.33. The standard InChI is InChI=1S/C19H22N2O6/c1-4-25-17-11-13(12-19(2,3)27-18(20)22)5-10-16(17)26-15-8-6-14(7-9-15)21(23)24/h5-11H,4,12H2,1-3H3,(H2,20,22). The van der Waals surface area contributed by atoms with Crippen molar-refractivity contribution < 1.29 is 23.9 Å². The van der Waals surface area contributed by atoms with Crippen LogP contribution in [0, 0.1) is 10.1 Å². The maximum Gasteiger partial charge on any atom is 0.405 e. The average Bonchev–Trinajstić information content (AvgIpc) is 2.56. The van der Waals surface area contributed by atoms with Gasteiger partial charge in [0.25, 0.3) is 5.69 Å². The first-order valence-corrected chi connectivity index (χ1v) is 8.36. The van der Waals surface area contributed by atoms with Crippen molar-refractivity contribution in [2.45, 2.75) is 32.8 Å². The highest BCUT2D eigenvalue weighted by Gasteiger charge is 2.23. The summed E-state index contributed by atoms with van der Waals surface area (Å²) in [5, 5.41) is 10.7. The largest absolute Gasteiger partial charge is 0.490 e. The van der Waals surface area contributed by atoms with Crippen LogP contribution in [-0.4, -0.2) is 23.2 Å². The van der Waals surface area contributed by atoms with Gasteiger partial charge in [0.2, 0.25) is 0 Å². The minimum Gasteiger partial charge on any atom is -0.490 e. The minimum atomic E-state index is -0.830. The number of rotatable bonds is 8. The molecule has 0 fully saturated rings. The summed E-state index contributed by atoms with van der Waals surface area (Å²) in [4.78, 5) is 21.3. The number of amides is 1. The zero-order valence-corrected chi connectivity index (χ0v) is 15.4. The van der Waals surface area contributed by atoms with Gasteiger partial charge in [-0.3, -0.25) is 10.1 Å². The van der Waals surface area contributed by atoms with Crippen LogP contribution in [0.3, 0.4) is 0 Å². The molecule has 0 aliphatic carbocycles. The van der Waals surface area contributed by atoms with Gasteiger partial charge in [0.15, 0.2) is 11.5 Å². The third-order valence-corrected chi connectivity index (χ3v) is 3.59. The van der Waals surface area contributed by atoms with Gasteiger partial charge in [0, 0.05) is 18.6 Å². The molecular weight excluding hydrogens is 352 g/mol. The lowest BCUT2D eigenvalue weighted by Gasteiger charge is -2.24. The van der Waals surface area contributed by atoms with Gasteiger partial charge in [-0.05, 0) is 50.6 Å². The molecular formula is C19H22N2O6. The first-order valence-electron chi connectivity index (χ1n) is 8.36. The maximum absolute atomic E-state index is 11.0. The molecule has 0 aliphatic heterocycles. The number of benzene rings is 2. The Kier molecular flexibility index (Phi) is 6.23. The van der Waals surface area contributed by atoms with E-state index in [-0.39, 0.29) is 5.69 Å². The van der Waals surface area contributed by atoms with Gasteiger partial charge in [-0.2, -0.15) is 0 Å². The monoisotopic (exact) mass is 374 g/mol. The van der Waals surface area contributed by atoms with Gasteiger partial charge in [-0.15, -0.1) is 0 Å². The van der Waals surface area contributed by atoms with E-state index in [0.717, 1.165) is 5.56 Å². The molecule has 2 aromatic carbocycles. The molecule has 0 aliphatic rings. The quantitative estimate of drug-likeness (QED) is 0.547. The Morgan fingerprint density at radius 1 is 1.15 bits per heavy atom. The first-order chi connectivity index (χ1) is 12.7. The number of nitrogens with zero attached hydrogens (tertiary/aromatic N) is 1. The Balaban J connectivity index is 2.21. The van der Waals surface area contributed by atoms with Gasteiger partial charge >= 0.3 is 6.09 Å². The first kappa shape index (κ1) is 20.0. The van der Waals surface area contributed by atoms with Crippen LogP contribution in [0.25, 0.3) is 0 Å². The van der Waals surface area contributed by atoms with E-state index in [2.05, 4.69) is 0 Å². The van der Waals surface area contributed by atoms with Crippen molar-refractivity contribution in [2.75, 3.05) is 6.61 Å². The molecule has 0 radical (unpaired) electrons. The fourth-order valence-corrected chi connectivity index (χ4v) is 2.58. The Bertz CT molecular complexity index is 817. The Labute approximate surface area is 157 Å². The fourth-order valence-electron chi connectivity index (χ4n) is 2.58. The second-order valence-electron chi connectivity index (χ2n) is 6.42. The Morgan fingerprint density at radius 2 is 1.81 bits per heavy atom. The summed E-state index contributed by atoms with van der Waals surface area (Å²) in [5.41, 5.74) is 5.19. The molecule has 1 amide bonds. The van der Waals surface area contributed by atoms with Crippen molar-refractivity contribution in [3.63, 3.8) is 0 Å². The number of hydrogen-bond donors (Lipinski definition) is 1. The maximum atomic E-state index is 11.0. The molecule has 0 spiro atoms. The lowest BCUT2D eigenvalue weighted by atomic mass is 9.98. The molecule has 2 aromatic rings. The average molecular weight is 374 g/mol. The van der Waals surface area contributed by atoms with E-state index in [4.69, 9.17) is 19.9 Å². The molecule has 8 nitrogen and oxygen atoms in total. The van der Waals surface area contributed by atoms with Crippen molar-refractivity contribution >= 4 is 11.8 Å². The van der Waals surface area contributed by atoms with Crippen LogP contribution >= 0.6 is 0 Å². The summed E-state index contributed by atoms with van der Waals surface area (Å²) in [6.07, 6.45) is -0.392. The highest BCUT2D eigenvalue weighted by molar-refractivity contribution is 5.65. The highest BCUT2D eigenvalue weighted by atomic mass is 16.6. The molecule has 8 heteroatoms. The van der Waals surface area contributed by atoms with E-state index < -0.39 is 16.6 Å². The summed E-state index contributed by atoms with van der Waals surface area (Å²) >= 11 is 0. The van der Waals surface area contributed by atoms with Crippen molar-refractivity contribution in [2.24, 2.45) is 5.73 Å². The second kappa shape index (κ2) is 8.39. The second-order valence-corrected chi connectivity index (χ2v) is 6.42. The smallest absolute Gasteiger partial charge is 0.405 e. The molecule has 0 aromatic heterocycles. The number of nitro benzene ring substituents is 1. The third-order valence-electron chi connectivity index (χ3n) is 3.59. The molecule has 27 heavy (non-hydrogen) atoms. The van der Waals surface area contributed by atoms with Crippen LogP contribution in [0.1, 0.15) is 26.3 Å². The number of nitrogens with two attached hydrogens (primary N) is 1. The molecule has 0 saturated carbocycles.